The maximum Gasteiger partial charge on any atom is 0.227 e. The molecule has 2 aliphatic heterocycles. The Bertz CT molecular complexity index is 365. The number of carbonyl (C=O) groups is 2. The van der Waals surface area contributed by atoms with Gasteiger partial charge in [-0.3, -0.25) is 9.59 Å². The van der Waals surface area contributed by atoms with Crippen LogP contribution in [0, 0.1) is 5.92 Å². The number of amides is 2. The van der Waals surface area contributed by atoms with Gasteiger partial charge in [0.25, 0.3) is 0 Å². The van der Waals surface area contributed by atoms with Crippen LogP contribution < -0.4 is 5.32 Å². The molecule has 0 aromatic carbocycles. The molecule has 2 fully saturated rings. The highest BCUT2D eigenvalue weighted by Crippen LogP contribution is 2.22. The van der Waals surface area contributed by atoms with E-state index < -0.39 is 0 Å². The SMILES string of the molecule is CCCC(=O)N1CCCC(C(=O)N2CCC(NC)CC2)C1. The number of hydrogen-bond donors (Lipinski definition) is 1. The quantitative estimate of drug-likeness (QED) is 0.849. The molecule has 21 heavy (non-hydrogen) atoms. The molecule has 0 aliphatic carbocycles. The van der Waals surface area contributed by atoms with Crippen LogP contribution in [0.25, 0.3) is 0 Å². The normalized spacial score (nSPS) is 24.2. The van der Waals surface area contributed by atoms with Crippen LogP contribution in [-0.2, 0) is 9.59 Å². The highest BCUT2D eigenvalue weighted by molar-refractivity contribution is 5.81. The van der Waals surface area contributed by atoms with Gasteiger partial charge in [0.1, 0.15) is 0 Å². The molecule has 2 amide bonds. The number of likely N-dealkylation sites (tertiary alicyclic amines) is 2. The lowest BCUT2D eigenvalue weighted by atomic mass is 9.94. The van der Waals surface area contributed by atoms with Crippen LogP contribution in [0.3, 0.4) is 0 Å². The van der Waals surface area contributed by atoms with Gasteiger partial charge in [0.05, 0.1) is 5.92 Å². The molecule has 0 bridgehead atoms. The predicted octanol–water partition coefficient (Wildman–Crippen LogP) is 1.24. The Labute approximate surface area is 128 Å². The van der Waals surface area contributed by atoms with Gasteiger partial charge in [-0.15, -0.1) is 0 Å². The molecule has 1 atom stereocenters. The number of carbonyl (C=O) groups excluding carboxylic acids is 2. The lowest BCUT2D eigenvalue weighted by Crippen LogP contribution is -2.50. The molecule has 0 spiro atoms. The molecule has 5 heteroatoms. The first-order valence-corrected chi connectivity index (χ1v) is 8.39. The zero-order valence-electron chi connectivity index (χ0n) is 13.4. The average Bonchev–Trinajstić information content (AvgIpc) is 2.54. The van der Waals surface area contributed by atoms with Crippen molar-refractivity contribution in [1.82, 2.24) is 15.1 Å². The van der Waals surface area contributed by atoms with Crippen molar-refractivity contribution in [2.45, 2.75) is 51.5 Å². The van der Waals surface area contributed by atoms with Gasteiger partial charge in [0, 0.05) is 38.6 Å². The topological polar surface area (TPSA) is 52.7 Å². The summed E-state index contributed by atoms with van der Waals surface area (Å²) in [5, 5.41) is 3.29. The third-order valence-corrected chi connectivity index (χ3v) is 4.80. The number of nitrogens with one attached hydrogen (secondary N) is 1. The summed E-state index contributed by atoms with van der Waals surface area (Å²) in [6.45, 7) is 5.18. The van der Waals surface area contributed by atoms with Gasteiger partial charge in [-0.2, -0.15) is 0 Å². The second-order valence-electron chi connectivity index (χ2n) is 6.32. The Morgan fingerprint density at radius 3 is 2.43 bits per heavy atom. The fraction of sp³-hybridized carbons (Fsp3) is 0.875. The lowest BCUT2D eigenvalue weighted by Gasteiger charge is -2.37. The van der Waals surface area contributed by atoms with Crippen LogP contribution in [0.1, 0.15) is 45.4 Å². The van der Waals surface area contributed by atoms with E-state index in [1.165, 1.54) is 0 Å². The summed E-state index contributed by atoms with van der Waals surface area (Å²) in [6.07, 6.45) is 5.44. The minimum atomic E-state index is 0.0192. The summed E-state index contributed by atoms with van der Waals surface area (Å²) in [4.78, 5) is 28.6. The van der Waals surface area contributed by atoms with Crippen molar-refractivity contribution in [2.75, 3.05) is 33.2 Å². The smallest absolute Gasteiger partial charge is 0.227 e. The van der Waals surface area contributed by atoms with Gasteiger partial charge in [-0.1, -0.05) is 6.92 Å². The number of hydrogen-bond acceptors (Lipinski definition) is 3. The Morgan fingerprint density at radius 2 is 1.81 bits per heavy atom. The monoisotopic (exact) mass is 295 g/mol. The van der Waals surface area contributed by atoms with Crippen LogP contribution in [-0.4, -0.2) is 60.9 Å². The molecule has 2 saturated heterocycles. The van der Waals surface area contributed by atoms with Crippen LogP contribution in [0.15, 0.2) is 0 Å². The molecule has 0 aromatic heterocycles. The van der Waals surface area contributed by atoms with E-state index in [4.69, 9.17) is 0 Å². The van der Waals surface area contributed by atoms with E-state index in [1.54, 1.807) is 0 Å². The molecule has 120 valence electrons. The van der Waals surface area contributed by atoms with Crippen molar-refractivity contribution in [2.24, 2.45) is 5.92 Å². The van der Waals surface area contributed by atoms with Gasteiger partial charge in [-0.25, -0.2) is 0 Å². The van der Waals surface area contributed by atoms with Crippen molar-refractivity contribution in [3.63, 3.8) is 0 Å². The zero-order chi connectivity index (χ0) is 15.2. The second-order valence-corrected chi connectivity index (χ2v) is 6.32. The number of piperidine rings is 2. The van der Waals surface area contributed by atoms with Crippen molar-refractivity contribution >= 4 is 11.8 Å². The Balaban J connectivity index is 1.86. The van der Waals surface area contributed by atoms with Crippen LogP contribution in [0.4, 0.5) is 0 Å². The fourth-order valence-electron chi connectivity index (χ4n) is 3.42. The summed E-state index contributed by atoms with van der Waals surface area (Å²) < 4.78 is 0. The summed E-state index contributed by atoms with van der Waals surface area (Å²) in [6, 6.07) is 0.544. The molecular weight excluding hydrogens is 266 g/mol. The van der Waals surface area contributed by atoms with E-state index in [0.717, 1.165) is 51.7 Å². The van der Waals surface area contributed by atoms with Crippen LogP contribution >= 0.6 is 0 Å². The van der Waals surface area contributed by atoms with Crippen molar-refractivity contribution < 1.29 is 9.59 Å². The van der Waals surface area contributed by atoms with Crippen LogP contribution in [0.2, 0.25) is 0 Å². The predicted molar refractivity (Wildman–Crippen MR) is 82.9 cm³/mol. The van der Waals surface area contributed by atoms with E-state index in [-0.39, 0.29) is 17.7 Å². The van der Waals surface area contributed by atoms with Crippen molar-refractivity contribution in [1.29, 1.82) is 0 Å². The van der Waals surface area contributed by atoms with Crippen LogP contribution in [0.5, 0.6) is 0 Å². The first kappa shape index (κ1) is 16.3. The largest absolute Gasteiger partial charge is 0.342 e. The van der Waals surface area contributed by atoms with Gasteiger partial charge in [0.2, 0.25) is 11.8 Å². The third-order valence-electron chi connectivity index (χ3n) is 4.80. The minimum absolute atomic E-state index is 0.0192. The molecule has 1 N–H and O–H groups in total. The molecule has 1 unspecified atom stereocenters. The first-order chi connectivity index (χ1) is 10.2. The molecule has 2 heterocycles. The van der Waals surface area contributed by atoms with Gasteiger partial charge >= 0.3 is 0 Å². The Hall–Kier alpha value is -1.10. The Kier molecular flexibility index (Phi) is 6.03. The highest BCUT2D eigenvalue weighted by Gasteiger charge is 2.32. The van der Waals surface area contributed by atoms with Crippen molar-refractivity contribution in [3.8, 4) is 0 Å². The van der Waals surface area contributed by atoms with E-state index >= 15 is 0 Å². The molecule has 0 aromatic rings. The maximum atomic E-state index is 12.6. The van der Waals surface area contributed by atoms with Gasteiger partial charge in [0.15, 0.2) is 0 Å². The van der Waals surface area contributed by atoms with Crippen molar-refractivity contribution in [3.05, 3.63) is 0 Å². The molecule has 0 saturated carbocycles. The Morgan fingerprint density at radius 1 is 1.10 bits per heavy atom. The molecule has 5 nitrogen and oxygen atoms in total. The summed E-state index contributed by atoms with van der Waals surface area (Å²) in [5.74, 6) is 0.494. The molecule has 0 radical (unpaired) electrons. The minimum Gasteiger partial charge on any atom is -0.342 e. The van der Waals surface area contributed by atoms with E-state index in [2.05, 4.69) is 5.32 Å². The molecule has 2 rings (SSSR count). The number of nitrogens with zero attached hydrogens (tertiary/aromatic N) is 2. The van der Waals surface area contributed by atoms with E-state index in [0.29, 0.717) is 19.0 Å². The summed E-state index contributed by atoms with van der Waals surface area (Å²) >= 11 is 0. The zero-order valence-corrected chi connectivity index (χ0v) is 13.4. The van der Waals surface area contributed by atoms with E-state index in [1.807, 2.05) is 23.8 Å². The average molecular weight is 295 g/mol. The van der Waals surface area contributed by atoms with Gasteiger partial charge < -0.3 is 15.1 Å². The van der Waals surface area contributed by atoms with E-state index in [9.17, 15) is 9.59 Å². The fourth-order valence-corrected chi connectivity index (χ4v) is 3.42. The molecular formula is C16H29N3O2. The van der Waals surface area contributed by atoms with Gasteiger partial charge in [-0.05, 0) is 39.2 Å². The molecule has 2 aliphatic rings. The highest BCUT2D eigenvalue weighted by atomic mass is 16.2. The lowest BCUT2D eigenvalue weighted by molar-refractivity contribution is -0.141. The third kappa shape index (κ3) is 4.19. The standard InChI is InChI=1S/C16H29N3O2/c1-3-5-15(20)19-9-4-6-13(12-19)16(21)18-10-7-14(17-2)8-11-18/h13-14,17H,3-12H2,1-2H3. The summed E-state index contributed by atoms with van der Waals surface area (Å²) in [5.41, 5.74) is 0. The first-order valence-electron chi connectivity index (χ1n) is 8.39. The second kappa shape index (κ2) is 7.78. The summed E-state index contributed by atoms with van der Waals surface area (Å²) in [7, 11) is 1.99. The number of rotatable bonds is 4. The maximum absolute atomic E-state index is 12.6.